The number of amides is 1. The molecule has 1 amide bonds. The van der Waals surface area contributed by atoms with Crippen LogP contribution in [0.2, 0.25) is 0 Å². The minimum absolute atomic E-state index is 0.00734. The highest BCUT2D eigenvalue weighted by Gasteiger charge is 2.35. The van der Waals surface area contributed by atoms with E-state index in [0.717, 1.165) is 50.0 Å². The number of hydrogen-bond donors (Lipinski definition) is 2. The van der Waals surface area contributed by atoms with Gasteiger partial charge in [-0.05, 0) is 62.4 Å². The van der Waals surface area contributed by atoms with E-state index in [0.29, 0.717) is 18.9 Å². The maximum Gasteiger partial charge on any atom is 0.220 e. The van der Waals surface area contributed by atoms with Gasteiger partial charge in [0.05, 0.1) is 0 Å². The molecule has 0 aliphatic carbocycles. The lowest BCUT2D eigenvalue weighted by molar-refractivity contribution is -0.121. The maximum atomic E-state index is 12.3. The molecule has 1 atom stereocenters. The van der Waals surface area contributed by atoms with E-state index in [1.165, 1.54) is 12.0 Å². The summed E-state index contributed by atoms with van der Waals surface area (Å²) in [5.41, 5.74) is 1.28. The first kappa shape index (κ1) is 17.9. The molecule has 1 aromatic rings. The maximum absolute atomic E-state index is 12.3. The average Bonchev–Trinajstić information content (AvgIpc) is 3.12. The van der Waals surface area contributed by atoms with Crippen LogP contribution in [0.5, 0.6) is 0 Å². The summed E-state index contributed by atoms with van der Waals surface area (Å²) in [5, 5.41) is 6.57. The Morgan fingerprint density at radius 2 is 2.21 bits per heavy atom. The van der Waals surface area contributed by atoms with Gasteiger partial charge in [-0.15, -0.1) is 0 Å². The first-order chi connectivity index (χ1) is 11.7. The fourth-order valence-corrected chi connectivity index (χ4v) is 4.20. The molecule has 2 aliphatic rings. The molecule has 0 bridgehead atoms. The van der Waals surface area contributed by atoms with E-state index in [-0.39, 0.29) is 11.3 Å². The van der Waals surface area contributed by atoms with Gasteiger partial charge in [0.15, 0.2) is 0 Å². The summed E-state index contributed by atoms with van der Waals surface area (Å²) < 4.78 is 6.66. The number of hydrogen-bond acceptors (Lipinski definition) is 3. The fraction of sp³-hybridized carbons (Fsp3) is 0.632. The molecule has 2 heterocycles. The second-order valence-corrected chi connectivity index (χ2v) is 7.99. The molecule has 4 nitrogen and oxygen atoms in total. The molecule has 5 heteroatoms. The van der Waals surface area contributed by atoms with Crippen LogP contribution in [0.3, 0.4) is 0 Å². The van der Waals surface area contributed by atoms with Gasteiger partial charge in [0.25, 0.3) is 0 Å². The third-order valence-electron chi connectivity index (χ3n) is 5.45. The van der Waals surface area contributed by atoms with Crippen LogP contribution in [-0.4, -0.2) is 38.8 Å². The Morgan fingerprint density at radius 3 is 2.92 bits per heavy atom. The normalized spacial score (nSPS) is 23.1. The van der Waals surface area contributed by atoms with Gasteiger partial charge in [-0.2, -0.15) is 0 Å². The van der Waals surface area contributed by atoms with Crippen LogP contribution in [0.25, 0.3) is 0 Å². The van der Waals surface area contributed by atoms with Gasteiger partial charge in [0.2, 0.25) is 5.91 Å². The Labute approximate surface area is 152 Å². The lowest BCUT2D eigenvalue weighted by Gasteiger charge is -2.38. The Balaban J connectivity index is 1.59. The Hall–Kier alpha value is -0.910. The molecular formula is C19H27BrN2O2. The number of halogens is 1. The molecule has 2 fully saturated rings. The molecule has 0 saturated carbocycles. The molecule has 1 unspecified atom stereocenters. The third kappa shape index (κ3) is 4.58. The zero-order chi connectivity index (χ0) is 16.8. The monoisotopic (exact) mass is 394 g/mol. The number of benzene rings is 1. The van der Waals surface area contributed by atoms with Crippen LogP contribution in [0.15, 0.2) is 28.7 Å². The molecule has 0 aromatic heterocycles. The molecule has 1 aromatic carbocycles. The van der Waals surface area contributed by atoms with Gasteiger partial charge in [-0.3, -0.25) is 4.79 Å². The van der Waals surface area contributed by atoms with Gasteiger partial charge < -0.3 is 15.4 Å². The smallest absolute Gasteiger partial charge is 0.220 e. The van der Waals surface area contributed by atoms with Crippen LogP contribution in [0.4, 0.5) is 0 Å². The highest BCUT2D eigenvalue weighted by Crippen LogP contribution is 2.35. The lowest BCUT2D eigenvalue weighted by atomic mass is 9.74. The Bertz CT molecular complexity index is 552. The molecule has 3 rings (SSSR count). The van der Waals surface area contributed by atoms with E-state index in [2.05, 4.69) is 44.8 Å². The quantitative estimate of drug-likeness (QED) is 0.779. The minimum Gasteiger partial charge on any atom is -0.381 e. The van der Waals surface area contributed by atoms with Crippen molar-refractivity contribution in [3.63, 3.8) is 0 Å². The van der Waals surface area contributed by atoms with E-state index >= 15 is 0 Å². The topological polar surface area (TPSA) is 50.4 Å². The number of ether oxygens (including phenoxy) is 1. The highest BCUT2D eigenvalue weighted by molar-refractivity contribution is 9.10. The molecule has 0 spiro atoms. The van der Waals surface area contributed by atoms with Crippen molar-refractivity contribution in [2.45, 2.75) is 37.5 Å². The van der Waals surface area contributed by atoms with Crippen LogP contribution in [0, 0.1) is 5.92 Å². The molecule has 2 aliphatic heterocycles. The van der Waals surface area contributed by atoms with E-state index in [1.54, 1.807) is 0 Å². The molecule has 2 saturated heterocycles. The standard InChI is InChI=1S/C19H27BrN2O2/c20-17-3-1-2-16(12-17)19(7-10-24-11-8-19)14-22-18(23)5-4-15-6-9-21-13-15/h1-3,12,15,21H,4-11,13-14H2,(H,22,23). The highest BCUT2D eigenvalue weighted by atomic mass is 79.9. The lowest BCUT2D eigenvalue weighted by Crippen LogP contribution is -2.44. The summed E-state index contributed by atoms with van der Waals surface area (Å²) >= 11 is 3.57. The van der Waals surface area contributed by atoms with E-state index < -0.39 is 0 Å². The fourth-order valence-electron chi connectivity index (χ4n) is 3.80. The number of carbonyl (C=O) groups excluding carboxylic acids is 1. The van der Waals surface area contributed by atoms with Gasteiger partial charge in [-0.25, -0.2) is 0 Å². The van der Waals surface area contributed by atoms with Crippen LogP contribution in [0.1, 0.15) is 37.7 Å². The summed E-state index contributed by atoms with van der Waals surface area (Å²) in [6, 6.07) is 8.48. The van der Waals surface area contributed by atoms with Gasteiger partial charge in [0, 0.05) is 36.1 Å². The van der Waals surface area contributed by atoms with Crippen molar-refractivity contribution in [1.29, 1.82) is 0 Å². The van der Waals surface area contributed by atoms with Gasteiger partial charge in [-0.1, -0.05) is 28.1 Å². The number of rotatable bonds is 6. The molecule has 132 valence electrons. The van der Waals surface area contributed by atoms with Crippen molar-refractivity contribution in [3.05, 3.63) is 34.3 Å². The van der Waals surface area contributed by atoms with Crippen LogP contribution in [-0.2, 0) is 14.9 Å². The first-order valence-electron chi connectivity index (χ1n) is 8.99. The predicted molar refractivity (Wildman–Crippen MR) is 99.1 cm³/mol. The molecule has 2 N–H and O–H groups in total. The van der Waals surface area contributed by atoms with E-state index in [9.17, 15) is 4.79 Å². The summed E-state index contributed by atoms with van der Waals surface area (Å²) in [6.45, 7) is 4.38. The van der Waals surface area contributed by atoms with Crippen molar-refractivity contribution in [3.8, 4) is 0 Å². The zero-order valence-electron chi connectivity index (χ0n) is 14.2. The van der Waals surface area contributed by atoms with Crippen molar-refractivity contribution in [2.24, 2.45) is 5.92 Å². The van der Waals surface area contributed by atoms with Gasteiger partial charge in [0.1, 0.15) is 0 Å². The van der Waals surface area contributed by atoms with E-state index in [1.807, 2.05) is 6.07 Å². The second kappa shape index (κ2) is 8.45. The zero-order valence-corrected chi connectivity index (χ0v) is 15.7. The SMILES string of the molecule is O=C(CCC1CCNC1)NCC1(c2cccc(Br)c2)CCOCC1. The van der Waals surface area contributed by atoms with Crippen molar-refractivity contribution in [2.75, 3.05) is 32.8 Å². The summed E-state index contributed by atoms with van der Waals surface area (Å²) in [5.74, 6) is 0.848. The number of carbonyl (C=O) groups is 1. The van der Waals surface area contributed by atoms with Crippen LogP contribution < -0.4 is 10.6 Å². The predicted octanol–water partition coefficient (Wildman–Crippen LogP) is 3.00. The summed E-state index contributed by atoms with van der Waals surface area (Å²) in [4.78, 5) is 12.3. The summed E-state index contributed by atoms with van der Waals surface area (Å²) in [7, 11) is 0. The van der Waals surface area contributed by atoms with Crippen molar-refractivity contribution in [1.82, 2.24) is 10.6 Å². The largest absolute Gasteiger partial charge is 0.381 e. The number of nitrogens with one attached hydrogen (secondary N) is 2. The molecular weight excluding hydrogens is 368 g/mol. The van der Waals surface area contributed by atoms with Crippen molar-refractivity contribution < 1.29 is 9.53 Å². The molecule has 0 radical (unpaired) electrons. The van der Waals surface area contributed by atoms with E-state index in [4.69, 9.17) is 4.74 Å². The van der Waals surface area contributed by atoms with Crippen molar-refractivity contribution >= 4 is 21.8 Å². The Kier molecular flexibility index (Phi) is 6.31. The minimum atomic E-state index is -0.00734. The van der Waals surface area contributed by atoms with Crippen LogP contribution >= 0.6 is 15.9 Å². The first-order valence-corrected chi connectivity index (χ1v) is 9.78. The second-order valence-electron chi connectivity index (χ2n) is 7.08. The van der Waals surface area contributed by atoms with Gasteiger partial charge >= 0.3 is 0 Å². The molecule has 24 heavy (non-hydrogen) atoms. The third-order valence-corrected chi connectivity index (χ3v) is 5.95. The average molecular weight is 395 g/mol. The summed E-state index contributed by atoms with van der Waals surface area (Å²) in [6.07, 6.45) is 4.74. The Morgan fingerprint density at radius 1 is 1.38 bits per heavy atom.